The zero-order valence-corrected chi connectivity index (χ0v) is 13.3. The second-order valence-corrected chi connectivity index (χ2v) is 5.79. The van der Waals surface area contributed by atoms with Gasteiger partial charge in [0, 0.05) is 12.3 Å². The maximum atomic E-state index is 12.0. The van der Waals surface area contributed by atoms with E-state index in [-0.39, 0.29) is 17.6 Å². The van der Waals surface area contributed by atoms with Gasteiger partial charge < -0.3 is 5.11 Å². The van der Waals surface area contributed by atoms with Gasteiger partial charge in [-0.25, -0.2) is 0 Å². The topological polar surface area (TPSA) is 54.4 Å². The first-order valence-corrected chi connectivity index (χ1v) is 8.17. The number of allylic oxidation sites excluding steroid dienone is 4. The molecule has 0 aliphatic heterocycles. The fourth-order valence-corrected chi connectivity index (χ4v) is 3.21. The summed E-state index contributed by atoms with van der Waals surface area (Å²) in [7, 11) is 0. The zero-order valence-electron chi connectivity index (χ0n) is 13.3. The molecule has 1 N–H and O–H groups in total. The van der Waals surface area contributed by atoms with Crippen molar-refractivity contribution in [3.05, 3.63) is 24.3 Å². The number of Topliss-reactive ketones (excluding diaryl/α,β-unsaturated/α-hetero) is 1. The quantitative estimate of drug-likeness (QED) is 0.641. The molecule has 118 valence electrons. The summed E-state index contributed by atoms with van der Waals surface area (Å²) in [5.41, 5.74) is 0. The van der Waals surface area contributed by atoms with Gasteiger partial charge in [-0.15, -0.1) is 0 Å². The standard InChI is InChI=1S/C18H28O3/c1-3-5-7-9-11-16(18(20)21)14-12-13-17(19)15(14)10-8-6-4-2/h5-8,14-16H,3-4,9-13H2,1-2H3,(H,20,21)/b7-5-,8-6?. The molecule has 1 rings (SSSR count). The first kappa shape index (κ1) is 17.7. The van der Waals surface area contributed by atoms with E-state index in [4.69, 9.17) is 0 Å². The average Bonchev–Trinajstić information content (AvgIpc) is 2.80. The van der Waals surface area contributed by atoms with Crippen LogP contribution in [0.1, 0.15) is 58.8 Å². The van der Waals surface area contributed by atoms with Gasteiger partial charge in [0.05, 0.1) is 5.92 Å². The molecule has 0 heterocycles. The van der Waals surface area contributed by atoms with Crippen molar-refractivity contribution in [2.45, 2.75) is 58.8 Å². The van der Waals surface area contributed by atoms with E-state index in [0.717, 1.165) is 25.7 Å². The summed E-state index contributed by atoms with van der Waals surface area (Å²) in [5.74, 6) is -0.978. The Hall–Kier alpha value is -1.38. The monoisotopic (exact) mass is 292 g/mol. The molecule has 0 radical (unpaired) electrons. The van der Waals surface area contributed by atoms with Crippen molar-refractivity contribution in [3.8, 4) is 0 Å². The van der Waals surface area contributed by atoms with E-state index in [2.05, 4.69) is 32.1 Å². The van der Waals surface area contributed by atoms with Crippen molar-refractivity contribution < 1.29 is 14.7 Å². The largest absolute Gasteiger partial charge is 0.481 e. The molecular formula is C18H28O3. The summed E-state index contributed by atoms with van der Waals surface area (Å²) >= 11 is 0. The highest BCUT2D eigenvalue weighted by Gasteiger charge is 2.41. The molecule has 3 atom stereocenters. The maximum Gasteiger partial charge on any atom is 0.306 e. The molecule has 0 amide bonds. The summed E-state index contributed by atoms with van der Waals surface area (Å²) in [5, 5.41) is 9.51. The third kappa shape index (κ3) is 5.49. The third-order valence-electron chi connectivity index (χ3n) is 4.33. The van der Waals surface area contributed by atoms with Crippen LogP contribution in [0.4, 0.5) is 0 Å². The third-order valence-corrected chi connectivity index (χ3v) is 4.33. The van der Waals surface area contributed by atoms with E-state index in [0.29, 0.717) is 19.3 Å². The fourth-order valence-electron chi connectivity index (χ4n) is 3.21. The molecule has 3 heteroatoms. The Kier molecular flexibility index (Phi) is 8.03. The molecule has 1 saturated carbocycles. The van der Waals surface area contributed by atoms with Gasteiger partial charge in [0.15, 0.2) is 0 Å². The van der Waals surface area contributed by atoms with E-state index in [1.54, 1.807) is 0 Å². The summed E-state index contributed by atoms with van der Waals surface area (Å²) < 4.78 is 0. The predicted molar refractivity (Wildman–Crippen MR) is 85.1 cm³/mol. The van der Waals surface area contributed by atoms with Crippen LogP contribution in [0.25, 0.3) is 0 Å². The van der Waals surface area contributed by atoms with Gasteiger partial charge in [-0.3, -0.25) is 9.59 Å². The second kappa shape index (κ2) is 9.54. The van der Waals surface area contributed by atoms with Crippen LogP contribution in [0.2, 0.25) is 0 Å². The van der Waals surface area contributed by atoms with E-state index in [9.17, 15) is 14.7 Å². The molecule has 0 spiro atoms. The number of carbonyl (C=O) groups excluding carboxylic acids is 1. The number of carboxylic acids is 1. The average molecular weight is 292 g/mol. The fraction of sp³-hybridized carbons (Fsp3) is 0.667. The first-order valence-electron chi connectivity index (χ1n) is 8.17. The van der Waals surface area contributed by atoms with E-state index < -0.39 is 11.9 Å². The second-order valence-electron chi connectivity index (χ2n) is 5.79. The van der Waals surface area contributed by atoms with Crippen LogP contribution in [-0.4, -0.2) is 16.9 Å². The molecule has 1 fully saturated rings. The highest BCUT2D eigenvalue weighted by atomic mass is 16.4. The Bertz CT molecular complexity index is 395. The highest BCUT2D eigenvalue weighted by molar-refractivity contribution is 5.85. The molecule has 1 aliphatic rings. The SMILES string of the molecule is CCC=CCC1C(=O)CCC1C(CC/C=C\CC)C(=O)O. The van der Waals surface area contributed by atoms with Crippen LogP contribution in [-0.2, 0) is 9.59 Å². The molecule has 0 saturated heterocycles. The van der Waals surface area contributed by atoms with Crippen molar-refractivity contribution in [2.75, 3.05) is 0 Å². The number of carbonyl (C=O) groups is 2. The number of rotatable bonds is 9. The van der Waals surface area contributed by atoms with Crippen LogP contribution in [0.3, 0.4) is 0 Å². The molecule has 0 aromatic carbocycles. The first-order chi connectivity index (χ1) is 10.1. The Labute approximate surface area is 128 Å². The van der Waals surface area contributed by atoms with E-state index >= 15 is 0 Å². The van der Waals surface area contributed by atoms with Crippen LogP contribution >= 0.6 is 0 Å². The van der Waals surface area contributed by atoms with Gasteiger partial charge >= 0.3 is 5.97 Å². The molecule has 0 bridgehead atoms. The minimum absolute atomic E-state index is 0.00605. The smallest absolute Gasteiger partial charge is 0.306 e. The number of hydrogen-bond donors (Lipinski definition) is 1. The van der Waals surface area contributed by atoms with Gasteiger partial charge in [-0.05, 0) is 44.4 Å². The van der Waals surface area contributed by atoms with Crippen LogP contribution in [0, 0.1) is 17.8 Å². The van der Waals surface area contributed by atoms with Crippen molar-refractivity contribution >= 4 is 11.8 Å². The Morgan fingerprint density at radius 1 is 1.24 bits per heavy atom. The summed E-state index contributed by atoms with van der Waals surface area (Å²) in [6.45, 7) is 4.13. The van der Waals surface area contributed by atoms with Crippen LogP contribution in [0.15, 0.2) is 24.3 Å². The Morgan fingerprint density at radius 2 is 1.90 bits per heavy atom. The minimum atomic E-state index is -0.746. The van der Waals surface area contributed by atoms with Crippen molar-refractivity contribution in [3.63, 3.8) is 0 Å². The summed E-state index contributed by atoms with van der Waals surface area (Å²) in [6, 6.07) is 0. The van der Waals surface area contributed by atoms with Gasteiger partial charge in [-0.2, -0.15) is 0 Å². The minimum Gasteiger partial charge on any atom is -0.481 e. The lowest BCUT2D eigenvalue weighted by molar-refractivity contribution is -0.144. The summed E-state index contributed by atoms with van der Waals surface area (Å²) in [4.78, 5) is 23.6. The molecule has 3 nitrogen and oxygen atoms in total. The Balaban J connectivity index is 2.70. The van der Waals surface area contributed by atoms with Crippen molar-refractivity contribution in [1.82, 2.24) is 0 Å². The lowest BCUT2D eigenvalue weighted by Crippen LogP contribution is -2.28. The van der Waals surface area contributed by atoms with Gasteiger partial charge in [-0.1, -0.05) is 38.2 Å². The number of aliphatic carboxylic acids is 1. The molecule has 21 heavy (non-hydrogen) atoms. The van der Waals surface area contributed by atoms with E-state index in [1.807, 2.05) is 6.08 Å². The number of hydrogen-bond acceptors (Lipinski definition) is 2. The van der Waals surface area contributed by atoms with Crippen molar-refractivity contribution in [2.24, 2.45) is 17.8 Å². The molecule has 0 aromatic heterocycles. The molecule has 0 aromatic rings. The number of ketones is 1. The highest BCUT2D eigenvalue weighted by Crippen LogP contribution is 2.39. The molecule has 3 unspecified atom stereocenters. The van der Waals surface area contributed by atoms with Gasteiger partial charge in [0.25, 0.3) is 0 Å². The van der Waals surface area contributed by atoms with E-state index in [1.165, 1.54) is 0 Å². The Morgan fingerprint density at radius 3 is 2.52 bits per heavy atom. The molecule has 1 aliphatic carbocycles. The normalized spacial score (nSPS) is 24.2. The van der Waals surface area contributed by atoms with Crippen LogP contribution in [0.5, 0.6) is 0 Å². The van der Waals surface area contributed by atoms with Gasteiger partial charge in [0.2, 0.25) is 0 Å². The maximum absolute atomic E-state index is 12.0. The summed E-state index contributed by atoms with van der Waals surface area (Å²) in [6.07, 6.45) is 13.6. The zero-order chi connectivity index (χ0) is 15.7. The van der Waals surface area contributed by atoms with Crippen LogP contribution < -0.4 is 0 Å². The van der Waals surface area contributed by atoms with Crippen molar-refractivity contribution in [1.29, 1.82) is 0 Å². The van der Waals surface area contributed by atoms with Gasteiger partial charge in [0.1, 0.15) is 5.78 Å². The lowest BCUT2D eigenvalue weighted by atomic mass is 9.79. The lowest BCUT2D eigenvalue weighted by Gasteiger charge is -2.24. The predicted octanol–water partition coefficient (Wildman–Crippen LogP) is 4.39. The molecular weight excluding hydrogens is 264 g/mol. The number of carboxylic acid groups (broad SMARTS) is 1.